The van der Waals surface area contributed by atoms with Crippen LogP contribution in [0.5, 0.6) is 5.75 Å². The largest absolute Gasteiger partial charge is 0.496 e. The predicted molar refractivity (Wildman–Crippen MR) is 148 cm³/mol. The third-order valence-electron chi connectivity index (χ3n) is 5.98. The molecule has 0 saturated carbocycles. The average Bonchev–Trinajstić information content (AvgIpc) is 2.80. The van der Waals surface area contributed by atoms with Crippen molar-refractivity contribution >= 4 is 17.7 Å². The maximum Gasteiger partial charge on any atom is 0.320 e. The van der Waals surface area contributed by atoms with Gasteiger partial charge in [-0.3, -0.25) is 9.69 Å². The molecule has 4 N–H and O–H groups in total. The molecular formula is C28H43F2N5O4. The van der Waals surface area contributed by atoms with Crippen LogP contribution in [0, 0.1) is 6.92 Å². The Morgan fingerprint density at radius 3 is 2.54 bits per heavy atom. The van der Waals surface area contributed by atoms with Gasteiger partial charge in [0.05, 0.1) is 20.2 Å². The number of benzene rings is 1. The van der Waals surface area contributed by atoms with Crippen molar-refractivity contribution in [2.45, 2.75) is 84.9 Å². The van der Waals surface area contributed by atoms with Crippen molar-refractivity contribution in [3.05, 3.63) is 40.6 Å². The number of anilines is 2. The normalized spacial score (nSPS) is 12.6. The second-order valence-corrected chi connectivity index (χ2v) is 10.6. The van der Waals surface area contributed by atoms with E-state index in [0.29, 0.717) is 24.4 Å². The van der Waals surface area contributed by atoms with Crippen molar-refractivity contribution in [1.82, 2.24) is 14.9 Å². The highest BCUT2D eigenvalue weighted by Crippen LogP contribution is 2.29. The summed E-state index contributed by atoms with van der Waals surface area (Å²) in [7, 11) is 1.55. The van der Waals surface area contributed by atoms with Crippen LogP contribution in [0.1, 0.15) is 69.3 Å². The molecule has 1 heterocycles. The lowest BCUT2D eigenvalue weighted by Gasteiger charge is -2.25. The number of carbonyl (C=O) groups is 1. The predicted octanol–water partition coefficient (Wildman–Crippen LogP) is 4.34. The zero-order valence-electron chi connectivity index (χ0n) is 23.9. The van der Waals surface area contributed by atoms with Crippen LogP contribution >= 0.6 is 0 Å². The molecule has 0 amide bonds. The Kier molecular flexibility index (Phi) is 12.3. The molecule has 1 atom stereocenters. The lowest BCUT2D eigenvalue weighted by molar-refractivity contribution is -0.156. The lowest BCUT2D eigenvalue weighted by atomic mass is 10.0. The van der Waals surface area contributed by atoms with Gasteiger partial charge in [0.25, 0.3) is 6.43 Å². The van der Waals surface area contributed by atoms with E-state index in [2.05, 4.69) is 22.2 Å². The number of aromatic nitrogens is 2. The van der Waals surface area contributed by atoms with Crippen molar-refractivity contribution in [3.8, 4) is 5.75 Å². The quantitative estimate of drug-likeness (QED) is 0.277. The number of esters is 1. The fourth-order valence-corrected chi connectivity index (χ4v) is 4.35. The first-order valence-electron chi connectivity index (χ1n) is 13.2. The highest BCUT2D eigenvalue weighted by molar-refractivity contribution is 5.72. The summed E-state index contributed by atoms with van der Waals surface area (Å²) in [5.74, 6) is 0.778. The minimum absolute atomic E-state index is 0.0301. The Balaban J connectivity index is 2.30. The molecule has 1 aromatic heterocycles. The maximum atomic E-state index is 13.3. The van der Waals surface area contributed by atoms with Crippen molar-refractivity contribution in [3.63, 3.8) is 0 Å². The number of aliphatic hydroxyl groups excluding tert-OH is 1. The first kappa shape index (κ1) is 32.2. The van der Waals surface area contributed by atoms with Crippen LogP contribution in [-0.2, 0) is 22.5 Å². The van der Waals surface area contributed by atoms with Crippen molar-refractivity contribution < 1.29 is 28.2 Å². The van der Waals surface area contributed by atoms with Gasteiger partial charge in [0.1, 0.15) is 17.2 Å². The highest BCUT2D eigenvalue weighted by atomic mass is 19.3. The fourth-order valence-electron chi connectivity index (χ4n) is 4.35. The number of halogens is 2. The van der Waals surface area contributed by atoms with Crippen LogP contribution in [0.4, 0.5) is 20.5 Å². The Labute approximate surface area is 230 Å². The summed E-state index contributed by atoms with van der Waals surface area (Å²) in [6.07, 6.45) is 0.217. The number of hydrogen-bond acceptors (Lipinski definition) is 9. The van der Waals surface area contributed by atoms with Gasteiger partial charge >= 0.3 is 5.97 Å². The standard InChI is InChI=1S/C28H43F2N5O4/c1-7-8-21(11-12-36)33-26-22(18(2)32-27(31)34-26)14-20-10-9-19(13-23(20)38-6)15-35(16-24(29)30)17-25(37)39-28(3,4)5/h9-10,13,21,24,36H,7-8,11-12,14-17H2,1-6H3,(H3,31,32,33,34). The van der Waals surface area contributed by atoms with E-state index in [1.807, 2.05) is 19.1 Å². The topological polar surface area (TPSA) is 123 Å². The number of nitrogens with zero attached hydrogens (tertiary/aromatic N) is 3. The molecule has 0 aliphatic carbocycles. The summed E-state index contributed by atoms with van der Waals surface area (Å²) in [6, 6.07) is 5.52. The number of carbonyl (C=O) groups excluding carboxylic acids is 1. The molecule has 1 aromatic carbocycles. The molecule has 39 heavy (non-hydrogen) atoms. The molecule has 2 aromatic rings. The van der Waals surface area contributed by atoms with Gasteiger partial charge in [0.2, 0.25) is 5.95 Å². The van der Waals surface area contributed by atoms with Crippen LogP contribution in [0.2, 0.25) is 0 Å². The van der Waals surface area contributed by atoms with Crippen molar-refractivity contribution in [2.24, 2.45) is 0 Å². The number of hydrogen-bond donors (Lipinski definition) is 3. The van der Waals surface area contributed by atoms with E-state index in [1.54, 1.807) is 33.9 Å². The molecule has 0 saturated heterocycles. The molecule has 218 valence electrons. The summed E-state index contributed by atoms with van der Waals surface area (Å²) >= 11 is 0. The van der Waals surface area contributed by atoms with Gasteiger partial charge in [-0.15, -0.1) is 0 Å². The van der Waals surface area contributed by atoms with Crippen molar-refractivity contribution in [2.75, 3.05) is 37.9 Å². The van der Waals surface area contributed by atoms with Gasteiger partial charge in [0, 0.05) is 36.9 Å². The minimum Gasteiger partial charge on any atom is -0.496 e. The zero-order valence-corrected chi connectivity index (χ0v) is 23.9. The summed E-state index contributed by atoms with van der Waals surface area (Å²) in [4.78, 5) is 22.4. The number of alkyl halides is 2. The minimum atomic E-state index is -2.60. The number of ether oxygens (including phenoxy) is 2. The summed E-state index contributed by atoms with van der Waals surface area (Å²) < 4.78 is 37.5. The van der Waals surface area contributed by atoms with Gasteiger partial charge in [-0.2, -0.15) is 4.98 Å². The summed E-state index contributed by atoms with van der Waals surface area (Å²) in [5, 5.41) is 12.9. The maximum absolute atomic E-state index is 13.3. The monoisotopic (exact) mass is 551 g/mol. The third-order valence-corrected chi connectivity index (χ3v) is 5.98. The van der Waals surface area contributed by atoms with Gasteiger partial charge in [-0.05, 0) is 57.7 Å². The van der Waals surface area contributed by atoms with Crippen molar-refractivity contribution in [1.29, 1.82) is 0 Å². The van der Waals surface area contributed by atoms with Crippen LogP contribution in [-0.4, -0.2) is 70.8 Å². The first-order chi connectivity index (χ1) is 18.3. The number of rotatable bonds is 15. The molecule has 0 bridgehead atoms. The van der Waals surface area contributed by atoms with Gasteiger partial charge < -0.3 is 25.6 Å². The smallest absolute Gasteiger partial charge is 0.320 e. The van der Waals surface area contributed by atoms with Crippen LogP contribution in [0.25, 0.3) is 0 Å². The third kappa shape index (κ3) is 10.9. The molecule has 0 radical (unpaired) electrons. The van der Waals surface area contributed by atoms with Crippen LogP contribution in [0.3, 0.4) is 0 Å². The highest BCUT2D eigenvalue weighted by Gasteiger charge is 2.22. The SMILES string of the molecule is CCCC(CCO)Nc1nc(N)nc(C)c1Cc1ccc(CN(CC(=O)OC(C)(C)C)CC(F)F)cc1OC. The van der Waals surface area contributed by atoms with Gasteiger partial charge in [-0.1, -0.05) is 25.5 Å². The zero-order chi connectivity index (χ0) is 29.2. The number of nitrogen functional groups attached to an aromatic ring is 1. The number of nitrogens with one attached hydrogen (secondary N) is 1. The van der Waals surface area contributed by atoms with Gasteiger partial charge in [0.15, 0.2) is 0 Å². The van der Waals surface area contributed by atoms with E-state index in [-0.39, 0.29) is 31.7 Å². The van der Waals surface area contributed by atoms with Gasteiger partial charge in [-0.25, -0.2) is 13.8 Å². The van der Waals surface area contributed by atoms with E-state index in [9.17, 15) is 18.7 Å². The number of nitrogens with two attached hydrogens (primary N) is 1. The Hall–Kier alpha value is -3.05. The molecule has 0 aliphatic heterocycles. The second kappa shape index (κ2) is 14.9. The second-order valence-electron chi connectivity index (χ2n) is 10.6. The molecule has 0 spiro atoms. The number of aryl methyl sites for hydroxylation is 1. The van der Waals surface area contributed by atoms with Crippen LogP contribution in [0.15, 0.2) is 18.2 Å². The first-order valence-corrected chi connectivity index (χ1v) is 13.2. The van der Waals surface area contributed by atoms with E-state index in [4.69, 9.17) is 15.2 Å². The molecule has 11 heteroatoms. The molecular weight excluding hydrogens is 508 g/mol. The summed E-state index contributed by atoms with van der Waals surface area (Å²) in [6.45, 7) is 8.50. The Bertz CT molecular complexity index is 1070. The molecule has 2 rings (SSSR count). The Morgan fingerprint density at radius 2 is 1.95 bits per heavy atom. The van der Waals surface area contributed by atoms with E-state index < -0.39 is 24.5 Å². The van der Waals surface area contributed by atoms with E-state index in [1.165, 1.54) is 4.90 Å². The molecule has 0 fully saturated rings. The van der Waals surface area contributed by atoms with E-state index in [0.717, 1.165) is 35.2 Å². The molecule has 9 nitrogen and oxygen atoms in total. The summed E-state index contributed by atoms with van der Waals surface area (Å²) in [5.41, 5.74) is 8.37. The van der Waals surface area contributed by atoms with Crippen LogP contribution < -0.4 is 15.8 Å². The Morgan fingerprint density at radius 1 is 1.23 bits per heavy atom. The number of methoxy groups -OCH3 is 1. The lowest BCUT2D eigenvalue weighted by Crippen LogP contribution is -2.37. The molecule has 0 aliphatic rings. The fraction of sp³-hybridized carbons (Fsp3) is 0.607. The number of aliphatic hydroxyl groups is 1. The average molecular weight is 552 g/mol. The molecule has 1 unspecified atom stereocenters. The van der Waals surface area contributed by atoms with E-state index >= 15 is 0 Å².